The summed E-state index contributed by atoms with van der Waals surface area (Å²) < 4.78 is 14.5. The van der Waals surface area contributed by atoms with E-state index in [9.17, 15) is 4.39 Å². The van der Waals surface area contributed by atoms with Gasteiger partial charge in [-0.25, -0.2) is 4.39 Å². The van der Waals surface area contributed by atoms with Gasteiger partial charge < -0.3 is 5.32 Å². The molecule has 2 rings (SSSR count). The molecule has 0 fully saturated rings. The van der Waals surface area contributed by atoms with Crippen LogP contribution < -0.4 is 5.32 Å². The first-order chi connectivity index (χ1) is 9.63. The lowest BCUT2D eigenvalue weighted by Gasteiger charge is -2.20. The third kappa shape index (κ3) is 3.80. The summed E-state index contributed by atoms with van der Waals surface area (Å²) in [5.41, 5.74) is 0. The van der Waals surface area contributed by atoms with Gasteiger partial charge in [0.15, 0.2) is 0 Å². The van der Waals surface area contributed by atoms with Crippen LogP contribution in [0.2, 0.25) is 0 Å². The summed E-state index contributed by atoms with van der Waals surface area (Å²) in [6.07, 6.45) is 3.65. The van der Waals surface area contributed by atoms with E-state index in [4.69, 9.17) is 0 Å². The molecule has 1 aromatic heterocycles. The summed E-state index contributed by atoms with van der Waals surface area (Å²) in [5.74, 6) is 0.562. The van der Waals surface area contributed by atoms with Crippen LogP contribution in [0, 0.1) is 11.7 Å². The van der Waals surface area contributed by atoms with Crippen molar-refractivity contribution in [2.24, 2.45) is 5.92 Å². The number of rotatable bonds is 7. The topological polar surface area (TPSA) is 12.0 Å². The van der Waals surface area contributed by atoms with E-state index in [1.165, 1.54) is 22.4 Å². The van der Waals surface area contributed by atoms with E-state index in [-0.39, 0.29) is 5.82 Å². The van der Waals surface area contributed by atoms with Gasteiger partial charge in [0, 0.05) is 15.6 Å². The minimum absolute atomic E-state index is 0.152. The minimum Gasteiger partial charge on any atom is -0.310 e. The summed E-state index contributed by atoms with van der Waals surface area (Å²) in [5, 5.41) is 4.60. The lowest BCUT2D eigenvalue weighted by molar-refractivity contribution is 0.399. The van der Waals surface area contributed by atoms with Gasteiger partial charge in [-0.2, -0.15) is 0 Å². The second-order valence-electron chi connectivity index (χ2n) is 5.57. The van der Waals surface area contributed by atoms with Crippen molar-refractivity contribution in [3.05, 3.63) is 35.0 Å². The van der Waals surface area contributed by atoms with Gasteiger partial charge in [-0.3, -0.25) is 0 Å². The van der Waals surface area contributed by atoms with Crippen molar-refractivity contribution < 1.29 is 4.39 Å². The molecule has 3 heteroatoms. The first kappa shape index (κ1) is 15.5. The fourth-order valence-corrected chi connectivity index (χ4v) is 3.90. The second kappa shape index (κ2) is 7.19. The van der Waals surface area contributed by atoms with Gasteiger partial charge in [-0.1, -0.05) is 33.6 Å². The van der Waals surface area contributed by atoms with Crippen LogP contribution in [-0.2, 0) is 0 Å². The van der Waals surface area contributed by atoms with Crippen LogP contribution in [0.4, 0.5) is 4.39 Å². The predicted octanol–water partition coefficient (Wildman–Crippen LogP) is 5.52. The smallest absolute Gasteiger partial charge is 0.123 e. The second-order valence-corrected chi connectivity index (χ2v) is 6.69. The number of halogens is 1. The number of benzene rings is 1. The van der Waals surface area contributed by atoms with Crippen LogP contribution >= 0.6 is 11.3 Å². The van der Waals surface area contributed by atoms with Crippen LogP contribution in [0.25, 0.3) is 10.1 Å². The number of hydrogen-bond acceptors (Lipinski definition) is 2. The number of thiophene rings is 1. The molecule has 0 aliphatic heterocycles. The summed E-state index contributed by atoms with van der Waals surface area (Å²) in [7, 11) is 0. The average Bonchev–Trinajstić information content (AvgIpc) is 2.81. The Hall–Kier alpha value is -0.930. The van der Waals surface area contributed by atoms with Gasteiger partial charge in [-0.05, 0) is 48.5 Å². The molecule has 2 atom stereocenters. The monoisotopic (exact) mass is 293 g/mol. The predicted molar refractivity (Wildman–Crippen MR) is 86.9 cm³/mol. The van der Waals surface area contributed by atoms with E-state index in [1.807, 2.05) is 6.07 Å². The Bertz CT molecular complexity index is 549. The van der Waals surface area contributed by atoms with Crippen molar-refractivity contribution in [2.75, 3.05) is 6.54 Å². The molecule has 0 saturated heterocycles. The molecule has 2 unspecified atom stereocenters. The van der Waals surface area contributed by atoms with Gasteiger partial charge in [0.2, 0.25) is 0 Å². The molecular formula is C17H24FNS. The quantitative estimate of drug-likeness (QED) is 0.709. The van der Waals surface area contributed by atoms with E-state index in [2.05, 4.69) is 32.2 Å². The molecule has 1 nitrogen and oxygen atoms in total. The van der Waals surface area contributed by atoms with E-state index in [0.29, 0.717) is 12.0 Å². The summed E-state index contributed by atoms with van der Waals surface area (Å²) in [6, 6.07) is 7.60. The molecule has 2 aromatic rings. The zero-order chi connectivity index (χ0) is 14.5. The standard InChI is InChI=1S/C17H24FNS/c1-4-6-12(3)9-15(19-5-2)17-11-13-10-14(18)7-8-16(13)20-17/h7-8,10-12,15,19H,4-6,9H2,1-3H3. The van der Waals surface area contributed by atoms with Crippen LogP contribution in [0.15, 0.2) is 24.3 Å². The van der Waals surface area contributed by atoms with Gasteiger partial charge in [0.25, 0.3) is 0 Å². The molecule has 1 aromatic carbocycles. The fraction of sp³-hybridized carbons (Fsp3) is 0.529. The lowest BCUT2D eigenvalue weighted by atomic mass is 9.96. The van der Waals surface area contributed by atoms with Crippen molar-refractivity contribution in [2.45, 2.75) is 46.1 Å². The van der Waals surface area contributed by atoms with Crippen LogP contribution in [0.5, 0.6) is 0 Å². The van der Waals surface area contributed by atoms with E-state index < -0.39 is 0 Å². The first-order valence-corrected chi connectivity index (χ1v) is 8.38. The molecule has 0 aliphatic rings. The molecule has 110 valence electrons. The molecule has 1 heterocycles. The van der Waals surface area contributed by atoms with E-state index in [0.717, 1.165) is 18.4 Å². The Morgan fingerprint density at radius 3 is 2.75 bits per heavy atom. The Morgan fingerprint density at radius 2 is 2.05 bits per heavy atom. The van der Waals surface area contributed by atoms with Gasteiger partial charge >= 0.3 is 0 Å². The highest BCUT2D eigenvalue weighted by molar-refractivity contribution is 7.19. The highest BCUT2D eigenvalue weighted by Gasteiger charge is 2.16. The van der Waals surface area contributed by atoms with Crippen molar-refractivity contribution in [3.63, 3.8) is 0 Å². The van der Waals surface area contributed by atoms with Gasteiger partial charge in [0.05, 0.1) is 0 Å². The molecule has 0 amide bonds. The Morgan fingerprint density at radius 1 is 1.25 bits per heavy atom. The largest absolute Gasteiger partial charge is 0.310 e. The Labute approximate surface area is 125 Å². The molecule has 0 aliphatic carbocycles. The third-order valence-corrected chi connectivity index (χ3v) is 4.94. The van der Waals surface area contributed by atoms with Crippen molar-refractivity contribution in [3.8, 4) is 0 Å². The van der Waals surface area contributed by atoms with Crippen molar-refractivity contribution in [1.82, 2.24) is 5.32 Å². The van der Waals surface area contributed by atoms with Crippen LogP contribution in [-0.4, -0.2) is 6.54 Å². The van der Waals surface area contributed by atoms with Crippen LogP contribution in [0.1, 0.15) is 51.0 Å². The average molecular weight is 293 g/mol. The van der Waals surface area contributed by atoms with Gasteiger partial charge in [0.1, 0.15) is 5.82 Å². The van der Waals surface area contributed by atoms with Gasteiger partial charge in [-0.15, -0.1) is 11.3 Å². The maximum Gasteiger partial charge on any atom is 0.123 e. The SMILES string of the molecule is CCCC(C)CC(NCC)c1cc2cc(F)ccc2s1. The van der Waals surface area contributed by atoms with E-state index in [1.54, 1.807) is 23.5 Å². The highest BCUT2D eigenvalue weighted by atomic mass is 32.1. The van der Waals surface area contributed by atoms with Crippen LogP contribution in [0.3, 0.4) is 0 Å². The minimum atomic E-state index is -0.152. The van der Waals surface area contributed by atoms with Crippen molar-refractivity contribution in [1.29, 1.82) is 0 Å². The fourth-order valence-electron chi connectivity index (χ4n) is 2.77. The zero-order valence-electron chi connectivity index (χ0n) is 12.6. The van der Waals surface area contributed by atoms with E-state index >= 15 is 0 Å². The summed E-state index contributed by atoms with van der Waals surface area (Å²) in [6.45, 7) is 7.67. The lowest BCUT2D eigenvalue weighted by Crippen LogP contribution is -2.22. The maximum atomic E-state index is 13.3. The molecule has 0 radical (unpaired) electrons. The highest BCUT2D eigenvalue weighted by Crippen LogP contribution is 2.33. The normalized spacial score (nSPS) is 14.6. The molecular weight excluding hydrogens is 269 g/mol. The molecule has 0 spiro atoms. The molecule has 0 saturated carbocycles. The molecule has 0 bridgehead atoms. The maximum absolute atomic E-state index is 13.3. The third-order valence-electron chi connectivity index (χ3n) is 3.71. The van der Waals surface area contributed by atoms with Crippen molar-refractivity contribution >= 4 is 21.4 Å². The first-order valence-electron chi connectivity index (χ1n) is 7.56. The Balaban J connectivity index is 2.21. The zero-order valence-corrected chi connectivity index (χ0v) is 13.4. The Kier molecular flexibility index (Phi) is 5.55. The molecule has 20 heavy (non-hydrogen) atoms. The summed E-state index contributed by atoms with van der Waals surface area (Å²) in [4.78, 5) is 1.33. The number of nitrogens with one attached hydrogen (secondary N) is 1. The molecule has 1 N–H and O–H groups in total. The number of hydrogen-bond donors (Lipinski definition) is 1. The number of fused-ring (bicyclic) bond motifs is 1. The summed E-state index contributed by atoms with van der Waals surface area (Å²) >= 11 is 1.78.